The number of halogens is 1. The van der Waals surface area contributed by atoms with E-state index in [9.17, 15) is 19.5 Å². The fraction of sp³-hybridized carbons (Fsp3) is 0.289. The molecule has 9 nitrogen and oxygen atoms in total. The number of nitrogens with two attached hydrogens (primary N) is 1. The summed E-state index contributed by atoms with van der Waals surface area (Å²) in [6.45, 7) is 1.85. The van der Waals surface area contributed by atoms with Gasteiger partial charge in [-0.25, -0.2) is 4.79 Å². The minimum absolute atomic E-state index is 0.0915. The van der Waals surface area contributed by atoms with E-state index in [1.165, 1.54) is 28.3 Å². The molecule has 1 saturated heterocycles. The van der Waals surface area contributed by atoms with Crippen LogP contribution in [-0.4, -0.2) is 66.4 Å². The second kappa shape index (κ2) is 16.4. The highest BCUT2D eigenvalue weighted by molar-refractivity contribution is 9.09. The molecule has 1 heterocycles. The Hall–Kier alpha value is -4.24. The first kappa shape index (κ1) is 36.1. The molecular weight excluding hydrogens is 705 g/mol. The number of rotatable bonds is 9. The van der Waals surface area contributed by atoms with Crippen LogP contribution in [0.15, 0.2) is 97.1 Å². The number of likely N-dealkylation sites (tertiary alicyclic amines) is 1. The Balaban J connectivity index is 0.000000232. The lowest BCUT2D eigenvalue weighted by atomic mass is 9.98. The SMILES string of the molecule is COc1ccc(C(Br)c2ccc(P)cc2)cc1.C[C@@H](O)[C@H](NC(=O)OCC1c2ccccc2-c2ccccc21)C(=O)N1CCC[C@H]1C(N)=O. The van der Waals surface area contributed by atoms with Crippen LogP contribution in [0.3, 0.4) is 0 Å². The molecule has 2 aliphatic rings. The first-order valence-corrected chi connectivity index (χ1v) is 17.6. The van der Waals surface area contributed by atoms with Gasteiger partial charge in [0.05, 0.1) is 18.0 Å². The average Bonchev–Trinajstić information content (AvgIpc) is 3.74. The number of nitrogens with one attached hydrogen (secondary N) is 1. The lowest BCUT2D eigenvalue weighted by Crippen LogP contribution is -2.56. The van der Waals surface area contributed by atoms with Crippen molar-refractivity contribution in [2.45, 2.75) is 48.7 Å². The molecule has 0 aromatic heterocycles. The molecule has 0 bridgehead atoms. The van der Waals surface area contributed by atoms with Gasteiger partial charge in [0, 0.05) is 12.5 Å². The Morgan fingerprint density at radius 3 is 2.02 bits per heavy atom. The molecule has 6 rings (SSSR count). The van der Waals surface area contributed by atoms with Crippen LogP contribution in [0.5, 0.6) is 5.75 Å². The third-order valence-corrected chi connectivity index (χ3v) is 10.3. The number of hydrogen-bond acceptors (Lipinski definition) is 6. The van der Waals surface area contributed by atoms with Gasteiger partial charge in [0.15, 0.2) is 0 Å². The number of alkyl carbamates (subject to hydrolysis) is 1. The zero-order valence-corrected chi connectivity index (χ0v) is 30.2. The quantitative estimate of drug-likeness (QED) is 0.155. The predicted molar refractivity (Wildman–Crippen MR) is 197 cm³/mol. The van der Waals surface area contributed by atoms with Crippen LogP contribution < -0.4 is 21.1 Å². The van der Waals surface area contributed by atoms with Crippen molar-refractivity contribution in [1.82, 2.24) is 10.2 Å². The number of alkyl halides is 1. The second-order valence-electron chi connectivity index (χ2n) is 12.1. The topological polar surface area (TPSA) is 131 Å². The van der Waals surface area contributed by atoms with Crippen molar-refractivity contribution in [2.75, 3.05) is 20.3 Å². The maximum atomic E-state index is 12.9. The summed E-state index contributed by atoms with van der Waals surface area (Å²) in [6, 6.07) is 30.6. The first-order valence-electron chi connectivity index (χ1n) is 16.1. The van der Waals surface area contributed by atoms with Crippen LogP contribution in [0.25, 0.3) is 11.1 Å². The van der Waals surface area contributed by atoms with E-state index in [2.05, 4.69) is 66.9 Å². The van der Waals surface area contributed by atoms with Gasteiger partial charge >= 0.3 is 6.09 Å². The summed E-state index contributed by atoms with van der Waals surface area (Å²) < 4.78 is 10.6. The number of carbonyl (C=O) groups is 3. The third kappa shape index (κ3) is 8.50. The molecule has 11 heteroatoms. The van der Waals surface area contributed by atoms with Gasteiger partial charge in [0.25, 0.3) is 0 Å². The zero-order chi connectivity index (χ0) is 35.1. The van der Waals surface area contributed by atoms with Crippen LogP contribution in [0.1, 0.15) is 52.8 Å². The Morgan fingerprint density at radius 1 is 0.939 bits per heavy atom. The van der Waals surface area contributed by atoms with Gasteiger partial charge in [-0.1, -0.05) is 101 Å². The van der Waals surface area contributed by atoms with E-state index in [0.29, 0.717) is 19.4 Å². The smallest absolute Gasteiger partial charge is 0.407 e. The van der Waals surface area contributed by atoms with Crippen LogP contribution in [0, 0.1) is 0 Å². The molecule has 4 aromatic rings. The number of primary amides is 1. The van der Waals surface area contributed by atoms with Gasteiger partial charge < -0.3 is 30.5 Å². The second-order valence-corrected chi connectivity index (χ2v) is 13.7. The van der Waals surface area contributed by atoms with Gasteiger partial charge in [-0.2, -0.15) is 0 Å². The molecule has 1 aliphatic carbocycles. The van der Waals surface area contributed by atoms with Crippen molar-refractivity contribution >= 4 is 48.4 Å². The molecule has 1 fully saturated rings. The van der Waals surface area contributed by atoms with E-state index in [1.807, 2.05) is 60.7 Å². The number of methoxy groups -OCH3 is 1. The van der Waals surface area contributed by atoms with E-state index in [-0.39, 0.29) is 17.4 Å². The Bertz CT molecular complexity index is 1720. The predicted octanol–water partition coefficient (Wildman–Crippen LogP) is 5.43. The lowest BCUT2D eigenvalue weighted by Gasteiger charge is -2.29. The molecule has 5 atom stereocenters. The van der Waals surface area contributed by atoms with Crippen LogP contribution in [0.4, 0.5) is 4.79 Å². The van der Waals surface area contributed by atoms with Gasteiger partial charge in [0.2, 0.25) is 11.8 Å². The number of fused-ring (bicyclic) bond motifs is 3. The highest BCUT2D eigenvalue weighted by atomic mass is 79.9. The van der Waals surface area contributed by atoms with Gasteiger partial charge in [0.1, 0.15) is 24.4 Å². The average molecular weight is 747 g/mol. The summed E-state index contributed by atoms with van der Waals surface area (Å²) in [5.41, 5.74) is 12.2. The number of aliphatic hydroxyl groups excluding tert-OH is 1. The van der Waals surface area contributed by atoms with Crippen molar-refractivity contribution in [1.29, 1.82) is 0 Å². The van der Waals surface area contributed by atoms with E-state index >= 15 is 0 Å². The van der Waals surface area contributed by atoms with Gasteiger partial charge in [-0.05, 0) is 70.6 Å². The van der Waals surface area contributed by atoms with Crippen molar-refractivity contribution in [3.8, 4) is 16.9 Å². The van der Waals surface area contributed by atoms with E-state index in [1.54, 1.807) is 7.11 Å². The molecule has 1 aliphatic heterocycles. The monoisotopic (exact) mass is 745 g/mol. The van der Waals surface area contributed by atoms with E-state index in [4.69, 9.17) is 15.2 Å². The van der Waals surface area contributed by atoms with Gasteiger partial charge in [-0.15, -0.1) is 9.24 Å². The highest BCUT2D eigenvalue weighted by Crippen LogP contribution is 2.44. The minimum atomic E-state index is -1.23. The highest BCUT2D eigenvalue weighted by Gasteiger charge is 2.39. The standard InChI is InChI=1S/C24H27N3O5.C14H14BrOP/c1-14(28)21(23(30)27-12-6-11-20(27)22(25)29)26-24(31)32-13-19-17-9-4-2-7-15(17)16-8-3-5-10-18(16)19;1-16-12-6-2-10(3-7-12)14(15)11-4-8-13(17)9-5-11/h2-5,7-10,14,19-21,28H,6,11-13H2,1H3,(H2,25,29)(H,26,31);2-9,14H,17H2,1H3/t14-,20+,21+;/m1./s1. The Labute approximate surface area is 297 Å². The minimum Gasteiger partial charge on any atom is -0.497 e. The molecule has 0 spiro atoms. The third-order valence-electron chi connectivity index (χ3n) is 8.87. The van der Waals surface area contributed by atoms with Crippen molar-refractivity contribution < 1.29 is 29.0 Å². The summed E-state index contributed by atoms with van der Waals surface area (Å²) in [7, 11) is 4.37. The molecule has 2 unspecified atom stereocenters. The van der Waals surface area contributed by atoms with Crippen molar-refractivity contribution in [3.63, 3.8) is 0 Å². The fourth-order valence-corrected chi connectivity index (χ4v) is 7.09. The molecule has 256 valence electrons. The number of benzene rings is 4. The normalized spacial score (nSPS) is 16.7. The summed E-state index contributed by atoms with van der Waals surface area (Å²) in [5.74, 6) is -0.378. The summed E-state index contributed by atoms with van der Waals surface area (Å²) >= 11 is 3.72. The molecule has 3 amide bonds. The maximum absolute atomic E-state index is 12.9. The molecule has 0 saturated carbocycles. The number of ether oxygens (including phenoxy) is 2. The molecule has 4 N–H and O–H groups in total. The Kier molecular flexibility index (Phi) is 12.1. The van der Waals surface area contributed by atoms with Crippen molar-refractivity contribution in [2.24, 2.45) is 5.73 Å². The number of hydrogen-bond donors (Lipinski definition) is 3. The zero-order valence-electron chi connectivity index (χ0n) is 27.4. The largest absolute Gasteiger partial charge is 0.497 e. The molecule has 0 radical (unpaired) electrons. The number of carbonyl (C=O) groups excluding carboxylic acids is 3. The number of aliphatic hydroxyl groups is 1. The Morgan fingerprint density at radius 2 is 1.49 bits per heavy atom. The molecule has 49 heavy (non-hydrogen) atoms. The summed E-state index contributed by atoms with van der Waals surface area (Å²) in [6.07, 6.45) is -0.868. The van der Waals surface area contributed by atoms with E-state index in [0.717, 1.165) is 28.0 Å². The first-order chi connectivity index (χ1) is 23.6. The fourth-order valence-electron chi connectivity index (χ4n) is 6.29. The van der Waals surface area contributed by atoms with Crippen LogP contribution in [-0.2, 0) is 14.3 Å². The van der Waals surface area contributed by atoms with Crippen LogP contribution >= 0.6 is 25.2 Å². The van der Waals surface area contributed by atoms with Crippen LogP contribution in [0.2, 0.25) is 0 Å². The maximum Gasteiger partial charge on any atom is 0.407 e. The van der Waals surface area contributed by atoms with E-state index < -0.39 is 36.1 Å². The van der Waals surface area contributed by atoms with Gasteiger partial charge in [-0.3, -0.25) is 9.59 Å². The molecule has 4 aromatic carbocycles. The summed E-state index contributed by atoms with van der Waals surface area (Å²) in [5, 5.41) is 13.8. The number of nitrogens with zero attached hydrogens (tertiary/aromatic N) is 1. The lowest BCUT2D eigenvalue weighted by molar-refractivity contribution is -0.140. The van der Waals surface area contributed by atoms with Crippen molar-refractivity contribution in [3.05, 3.63) is 119 Å². The molecular formula is C38H41BrN3O6P. The number of amides is 3. The summed E-state index contributed by atoms with van der Waals surface area (Å²) in [4.78, 5) is 38.7.